The topological polar surface area (TPSA) is 34.1 Å². The smallest absolute Gasteiger partial charge is 0.0670 e. The van der Waals surface area contributed by atoms with Gasteiger partial charge >= 0.3 is 0 Å². The molecule has 3 heteroatoms. The number of pyridine rings is 1. The predicted octanol–water partition coefficient (Wildman–Crippen LogP) is 2.55. The second kappa shape index (κ2) is 6.40. The predicted molar refractivity (Wildman–Crippen MR) is 63.0 cm³/mol. The van der Waals surface area contributed by atoms with E-state index in [1.54, 1.807) is 12.4 Å². The number of rotatable bonds is 6. The number of hydrogen-bond acceptors (Lipinski definition) is 3. The molecule has 0 amide bonds. The Labute approximate surface area is 91.9 Å². The van der Waals surface area contributed by atoms with Crippen molar-refractivity contribution in [1.82, 2.24) is 4.98 Å². The third-order valence-electron chi connectivity index (χ3n) is 2.34. The van der Waals surface area contributed by atoms with Gasteiger partial charge in [-0.3, -0.25) is 4.98 Å². The second-order valence-corrected chi connectivity index (χ2v) is 3.89. The Hall–Kier alpha value is -1.09. The Bertz CT molecular complexity index is 262. The zero-order valence-electron chi connectivity index (χ0n) is 9.73. The summed E-state index contributed by atoms with van der Waals surface area (Å²) in [5.74, 6) is 0.546. The van der Waals surface area contributed by atoms with Gasteiger partial charge in [0.05, 0.1) is 12.6 Å². The summed E-state index contributed by atoms with van der Waals surface area (Å²) >= 11 is 0. The van der Waals surface area contributed by atoms with E-state index < -0.39 is 0 Å². The molecule has 0 saturated heterocycles. The number of ether oxygens (including phenoxy) is 1. The van der Waals surface area contributed by atoms with Crippen LogP contribution in [-0.4, -0.2) is 24.2 Å². The Kier molecular flexibility index (Phi) is 5.12. The minimum Gasteiger partial charge on any atom is -0.380 e. The van der Waals surface area contributed by atoms with Gasteiger partial charge in [-0.25, -0.2) is 0 Å². The Balaban J connectivity index is 2.51. The van der Waals surface area contributed by atoms with Crippen molar-refractivity contribution < 1.29 is 4.74 Å². The maximum Gasteiger partial charge on any atom is 0.0670 e. The highest BCUT2D eigenvalue weighted by Crippen LogP contribution is 2.11. The lowest BCUT2D eigenvalue weighted by Crippen LogP contribution is -2.30. The molecule has 1 N–H and O–H groups in total. The standard InChI is InChI=1S/C12H20N2O/c1-4-15-9-12(10(2)3)14-11-5-7-13-8-6-11/h5-8,10,12H,4,9H2,1-3H3,(H,13,14). The molecule has 0 aromatic carbocycles. The van der Waals surface area contributed by atoms with E-state index in [4.69, 9.17) is 4.74 Å². The number of hydrogen-bond donors (Lipinski definition) is 1. The fourth-order valence-corrected chi connectivity index (χ4v) is 1.31. The molecule has 15 heavy (non-hydrogen) atoms. The summed E-state index contributed by atoms with van der Waals surface area (Å²) in [6, 6.07) is 4.30. The number of anilines is 1. The molecule has 0 aliphatic carbocycles. The molecule has 0 fully saturated rings. The summed E-state index contributed by atoms with van der Waals surface area (Å²) in [6.07, 6.45) is 3.58. The highest BCUT2D eigenvalue weighted by Gasteiger charge is 2.12. The highest BCUT2D eigenvalue weighted by atomic mass is 16.5. The lowest BCUT2D eigenvalue weighted by atomic mass is 10.1. The average molecular weight is 208 g/mol. The van der Waals surface area contributed by atoms with Crippen LogP contribution in [0.5, 0.6) is 0 Å². The number of nitrogens with one attached hydrogen (secondary N) is 1. The molecular formula is C12H20N2O. The maximum absolute atomic E-state index is 5.45. The minimum atomic E-state index is 0.354. The quantitative estimate of drug-likeness (QED) is 0.780. The Morgan fingerprint density at radius 1 is 1.33 bits per heavy atom. The molecule has 1 atom stereocenters. The first kappa shape index (κ1) is 12.0. The molecule has 0 radical (unpaired) electrons. The lowest BCUT2D eigenvalue weighted by molar-refractivity contribution is 0.127. The molecule has 1 aromatic heterocycles. The van der Waals surface area contributed by atoms with Gasteiger partial charge in [-0.05, 0) is 25.0 Å². The molecule has 84 valence electrons. The van der Waals surface area contributed by atoms with Gasteiger partial charge in [-0.15, -0.1) is 0 Å². The molecule has 0 aliphatic heterocycles. The molecule has 1 unspecified atom stereocenters. The largest absolute Gasteiger partial charge is 0.380 e. The lowest BCUT2D eigenvalue weighted by Gasteiger charge is -2.23. The van der Waals surface area contributed by atoms with Crippen LogP contribution < -0.4 is 5.32 Å². The third-order valence-corrected chi connectivity index (χ3v) is 2.34. The number of aromatic nitrogens is 1. The molecule has 0 spiro atoms. The van der Waals surface area contributed by atoms with E-state index in [0.717, 1.165) is 18.9 Å². The summed E-state index contributed by atoms with van der Waals surface area (Å²) in [5.41, 5.74) is 1.10. The summed E-state index contributed by atoms with van der Waals surface area (Å²) in [5, 5.41) is 3.45. The fraction of sp³-hybridized carbons (Fsp3) is 0.583. The van der Waals surface area contributed by atoms with Gasteiger partial charge in [0.25, 0.3) is 0 Å². The first-order valence-corrected chi connectivity index (χ1v) is 5.48. The summed E-state index contributed by atoms with van der Waals surface area (Å²) in [4.78, 5) is 3.99. The van der Waals surface area contributed by atoms with Crippen LogP contribution in [-0.2, 0) is 4.74 Å². The first-order chi connectivity index (χ1) is 7.24. The third kappa shape index (κ3) is 4.30. The van der Waals surface area contributed by atoms with Crippen molar-refractivity contribution in [2.75, 3.05) is 18.5 Å². The molecule has 0 aliphatic rings. The van der Waals surface area contributed by atoms with Crippen molar-refractivity contribution in [3.63, 3.8) is 0 Å². The van der Waals surface area contributed by atoms with Gasteiger partial charge in [0, 0.05) is 24.7 Å². The van der Waals surface area contributed by atoms with Gasteiger partial charge < -0.3 is 10.1 Å². The van der Waals surface area contributed by atoms with Crippen molar-refractivity contribution in [3.8, 4) is 0 Å². The van der Waals surface area contributed by atoms with Gasteiger partial charge in [-0.1, -0.05) is 13.8 Å². The SMILES string of the molecule is CCOCC(Nc1ccncc1)C(C)C. The van der Waals surface area contributed by atoms with Crippen molar-refractivity contribution in [3.05, 3.63) is 24.5 Å². The molecule has 1 rings (SSSR count). The van der Waals surface area contributed by atoms with Crippen molar-refractivity contribution in [2.45, 2.75) is 26.8 Å². The first-order valence-electron chi connectivity index (χ1n) is 5.48. The van der Waals surface area contributed by atoms with Crippen LogP contribution in [0, 0.1) is 5.92 Å². The Morgan fingerprint density at radius 2 is 2.00 bits per heavy atom. The zero-order chi connectivity index (χ0) is 11.1. The summed E-state index contributed by atoms with van der Waals surface area (Å²) < 4.78 is 5.45. The molecular weight excluding hydrogens is 188 g/mol. The molecule has 0 saturated carbocycles. The van der Waals surface area contributed by atoms with Crippen molar-refractivity contribution in [1.29, 1.82) is 0 Å². The number of nitrogens with zero attached hydrogens (tertiary/aromatic N) is 1. The average Bonchev–Trinajstić information content (AvgIpc) is 2.25. The maximum atomic E-state index is 5.45. The van der Waals surface area contributed by atoms with Gasteiger partial charge in [0.1, 0.15) is 0 Å². The van der Waals surface area contributed by atoms with E-state index in [1.165, 1.54) is 0 Å². The van der Waals surface area contributed by atoms with Crippen molar-refractivity contribution >= 4 is 5.69 Å². The van der Waals surface area contributed by atoms with E-state index in [1.807, 2.05) is 19.1 Å². The summed E-state index contributed by atoms with van der Waals surface area (Å²) in [7, 11) is 0. The van der Waals surface area contributed by atoms with Crippen LogP contribution in [0.2, 0.25) is 0 Å². The normalized spacial score (nSPS) is 12.8. The fourth-order valence-electron chi connectivity index (χ4n) is 1.31. The van der Waals surface area contributed by atoms with Crippen molar-refractivity contribution in [2.24, 2.45) is 5.92 Å². The van der Waals surface area contributed by atoms with E-state index in [-0.39, 0.29) is 0 Å². The van der Waals surface area contributed by atoms with Crippen LogP contribution >= 0.6 is 0 Å². The van der Waals surface area contributed by atoms with E-state index >= 15 is 0 Å². The zero-order valence-corrected chi connectivity index (χ0v) is 9.73. The molecule has 1 aromatic rings. The van der Waals surface area contributed by atoms with Crippen LogP contribution in [0.15, 0.2) is 24.5 Å². The minimum absolute atomic E-state index is 0.354. The monoisotopic (exact) mass is 208 g/mol. The van der Waals surface area contributed by atoms with Gasteiger partial charge in [0.15, 0.2) is 0 Å². The van der Waals surface area contributed by atoms with Crippen LogP contribution in [0.1, 0.15) is 20.8 Å². The second-order valence-electron chi connectivity index (χ2n) is 3.89. The van der Waals surface area contributed by atoms with Gasteiger partial charge in [0.2, 0.25) is 0 Å². The van der Waals surface area contributed by atoms with E-state index in [2.05, 4.69) is 24.1 Å². The van der Waals surface area contributed by atoms with E-state index in [0.29, 0.717) is 12.0 Å². The molecule has 1 heterocycles. The Morgan fingerprint density at radius 3 is 2.53 bits per heavy atom. The molecule has 0 bridgehead atoms. The summed E-state index contributed by atoms with van der Waals surface area (Å²) in [6.45, 7) is 7.91. The molecule has 3 nitrogen and oxygen atoms in total. The highest BCUT2D eigenvalue weighted by molar-refractivity contribution is 5.41. The van der Waals surface area contributed by atoms with Crippen LogP contribution in [0.3, 0.4) is 0 Å². The van der Waals surface area contributed by atoms with E-state index in [9.17, 15) is 0 Å². The van der Waals surface area contributed by atoms with Crippen LogP contribution in [0.4, 0.5) is 5.69 Å². The van der Waals surface area contributed by atoms with Crippen LogP contribution in [0.25, 0.3) is 0 Å². The van der Waals surface area contributed by atoms with Gasteiger partial charge in [-0.2, -0.15) is 0 Å².